The van der Waals surface area contributed by atoms with E-state index in [1.807, 2.05) is 26.8 Å². The van der Waals surface area contributed by atoms with Crippen LogP contribution in [0.4, 0.5) is 0 Å². The summed E-state index contributed by atoms with van der Waals surface area (Å²) in [5, 5.41) is 4.02. The summed E-state index contributed by atoms with van der Waals surface area (Å²) in [6.45, 7) is 10.2. The molecule has 2 aromatic carbocycles. The molecule has 0 aliphatic rings. The van der Waals surface area contributed by atoms with Crippen LogP contribution in [0.15, 0.2) is 46.4 Å². The molecule has 0 aliphatic heterocycles. The Kier molecular flexibility index (Phi) is 10.1. The molecule has 0 saturated heterocycles. The van der Waals surface area contributed by atoms with E-state index in [2.05, 4.69) is 37.8 Å². The number of carbonyl (C=O) groups excluding carboxylic acids is 1. The second-order valence-electron chi connectivity index (χ2n) is 7.59. The maximum Gasteiger partial charge on any atom is 0.258 e. The van der Waals surface area contributed by atoms with Crippen molar-refractivity contribution in [3.8, 4) is 11.5 Å². The number of rotatable bonds is 11. The molecular formula is C23H30IN3O5S. The fraction of sp³-hybridized carbons (Fsp3) is 0.391. The van der Waals surface area contributed by atoms with Gasteiger partial charge in [0.15, 0.2) is 11.5 Å². The van der Waals surface area contributed by atoms with E-state index in [1.54, 1.807) is 32.0 Å². The molecule has 1 atom stereocenters. The van der Waals surface area contributed by atoms with Crippen molar-refractivity contribution in [1.82, 2.24) is 10.1 Å². The second-order valence-corrected chi connectivity index (χ2v) is 10.5. The van der Waals surface area contributed by atoms with E-state index < -0.39 is 22.0 Å². The number of aryl methyl sites for hydroxylation is 1. The largest absolute Gasteiger partial charge is 0.490 e. The number of hydrazone groups is 1. The summed E-state index contributed by atoms with van der Waals surface area (Å²) in [5.41, 5.74) is 4.08. The SMILES string of the molecule is CCOc1cc(/C=N\NC(=O)[C@H](NS(=O)(=O)c2ccc(C)cc2)C(C)C)cc(I)c1OCC. The number of halogens is 1. The molecule has 2 rings (SSSR count). The van der Waals surface area contributed by atoms with Crippen molar-refractivity contribution in [2.45, 2.75) is 45.6 Å². The predicted octanol–water partition coefficient (Wildman–Crippen LogP) is 3.85. The number of ether oxygens (including phenoxy) is 2. The molecule has 33 heavy (non-hydrogen) atoms. The lowest BCUT2D eigenvalue weighted by Gasteiger charge is -2.20. The molecule has 0 spiro atoms. The zero-order valence-corrected chi connectivity index (χ0v) is 22.4. The van der Waals surface area contributed by atoms with Crippen LogP contribution in [-0.2, 0) is 14.8 Å². The monoisotopic (exact) mass is 587 g/mol. The second kappa shape index (κ2) is 12.3. The van der Waals surface area contributed by atoms with Crippen molar-refractivity contribution in [2.75, 3.05) is 13.2 Å². The topological polar surface area (TPSA) is 106 Å². The highest BCUT2D eigenvalue weighted by Gasteiger charge is 2.28. The van der Waals surface area contributed by atoms with Crippen molar-refractivity contribution >= 4 is 44.7 Å². The Morgan fingerprint density at radius 3 is 2.33 bits per heavy atom. The summed E-state index contributed by atoms with van der Waals surface area (Å²) >= 11 is 2.15. The average molecular weight is 587 g/mol. The summed E-state index contributed by atoms with van der Waals surface area (Å²) in [4.78, 5) is 12.8. The van der Waals surface area contributed by atoms with Gasteiger partial charge in [0.2, 0.25) is 10.0 Å². The smallest absolute Gasteiger partial charge is 0.258 e. The minimum Gasteiger partial charge on any atom is -0.490 e. The Morgan fingerprint density at radius 2 is 1.76 bits per heavy atom. The molecule has 180 valence electrons. The van der Waals surface area contributed by atoms with E-state index in [-0.39, 0.29) is 10.8 Å². The van der Waals surface area contributed by atoms with Crippen LogP contribution >= 0.6 is 22.6 Å². The normalized spacial score (nSPS) is 12.7. The first kappa shape index (κ1) is 27.1. The van der Waals surface area contributed by atoms with E-state index in [0.717, 1.165) is 9.13 Å². The highest BCUT2D eigenvalue weighted by molar-refractivity contribution is 14.1. The first-order valence-corrected chi connectivity index (χ1v) is 13.2. The van der Waals surface area contributed by atoms with E-state index in [4.69, 9.17) is 9.47 Å². The molecular weight excluding hydrogens is 557 g/mol. The van der Waals surface area contributed by atoms with Crippen LogP contribution < -0.4 is 19.6 Å². The number of amides is 1. The maximum absolute atomic E-state index is 12.7. The fourth-order valence-corrected chi connectivity index (χ4v) is 5.02. The number of nitrogens with one attached hydrogen (secondary N) is 2. The first-order valence-electron chi connectivity index (χ1n) is 10.6. The quantitative estimate of drug-likeness (QED) is 0.236. The van der Waals surface area contributed by atoms with Crippen molar-refractivity contribution in [3.63, 3.8) is 0 Å². The Labute approximate surface area is 209 Å². The molecule has 0 aliphatic carbocycles. The van der Waals surface area contributed by atoms with E-state index in [1.165, 1.54) is 18.3 Å². The molecule has 2 N–H and O–H groups in total. The Bertz CT molecular complexity index is 1090. The van der Waals surface area contributed by atoms with Gasteiger partial charge in [-0.2, -0.15) is 9.82 Å². The molecule has 0 radical (unpaired) electrons. The van der Waals surface area contributed by atoms with Gasteiger partial charge in [0, 0.05) is 0 Å². The standard InChI is InChI=1S/C23H30IN3O5S/c1-6-31-20-13-17(12-19(24)22(20)32-7-2)14-25-26-23(28)21(15(3)4)27-33(29,30)18-10-8-16(5)9-11-18/h8-15,21,27H,6-7H2,1-5H3,(H,26,28)/b25-14-/t21-/m1/s1. The average Bonchev–Trinajstić information content (AvgIpc) is 2.74. The van der Waals surface area contributed by atoms with Gasteiger partial charge in [0.05, 0.1) is 27.9 Å². The first-order chi connectivity index (χ1) is 15.6. The third-order valence-corrected chi connectivity index (χ3v) is 6.83. The Hall–Kier alpha value is -2.18. The van der Waals surface area contributed by atoms with Crippen molar-refractivity contribution in [1.29, 1.82) is 0 Å². The van der Waals surface area contributed by atoms with Crippen LogP contribution in [0.25, 0.3) is 0 Å². The summed E-state index contributed by atoms with van der Waals surface area (Å²) in [6, 6.07) is 9.06. The molecule has 2 aromatic rings. The third kappa shape index (κ3) is 7.68. The zero-order valence-electron chi connectivity index (χ0n) is 19.4. The third-order valence-electron chi connectivity index (χ3n) is 4.57. The minimum absolute atomic E-state index is 0.0995. The van der Waals surface area contributed by atoms with Gasteiger partial charge in [-0.15, -0.1) is 0 Å². The molecule has 10 heteroatoms. The number of benzene rings is 2. The van der Waals surface area contributed by atoms with Gasteiger partial charge in [-0.05, 0) is 79.1 Å². The van der Waals surface area contributed by atoms with Crippen molar-refractivity contribution in [2.24, 2.45) is 11.0 Å². The van der Waals surface area contributed by atoms with Crippen LogP contribution in [0.5, 0.6) is 11.5 Å². The molecule has 0 bridgehead atoms. The molecule has 0 unspecified atom stereocenters. The van der Waals surface area contributed by atoms with Crippen LogP contribution in [0, 0.1) is 16.4 Å². The molecule has 0 aromatic heterocycles. The van der Waals surface area contributed by atoms with Gasteiger partial charge in [-0.1, -0.05) is 31.5 Å². The van der Waals surface area contributed by atoms with Gasteiger partial charge in [-0.25, -0.2) is 13.8 Å². The molecule has 0 fully saturated rings. The minimum atomic E-state index is -3.87. The lowest BCUT2D eigenvalue weighted by Crippen LogP contribution is -2.48. The summed E-state index contributed by atoms with van der Waals surface area (Å²) in [5.74, 6) is 0.399. The summed E-state index contributed by atoms with van der Waals surface area (Å²) in [6.07, 6.45) is 1.48. The van der Waals surface area contributed by atoms with Crippen molar-refractivity contribution in [3.05, 3.63) is 51.1 Å². The summed E-state index contributed by atoms with van der Waals surface area (Å²) < 4.78 is 40.1. The van der Waals surface area contributed by atoms with Gasteiger partial charge >= 0.3 is 0 Å². The molecule has 0 heterocycles. The lowest BCUT2D eigenvalue weighted by molar-refractivity contribution is -0.123. The lowest BCUT2D eigenvalue weighted by atomic mass is 10.1. The van der Waals surface area contributed by atoms with E-state index >= 15 is 0 Å². The highest BCUT2D eigenvalue weighted by atomic mass is 127. The molecule has 1 amide bonds. The van der Waals surface area contributed by atoms with Gasteiger partial charge < -0.3 is 9.47 Å². The predicted molar refractivity (Wildman–Crippen MR) is 137 cm³/mol. The molecule has 0 saturated carbocycles. The van der Waals surface area contributed by atoms with Crippen LogP contribution in [0.3, 0.4) is 0 Å². The highest BCUT2D eigenvalue weighted by Crippen LogP contribution is 2.33. The van der Waals surface area contributed by atoms with E-state index in [0.29, 0.717) is 30.3 Å². The number of hydrogen-bond acceptors (Lipinski definition) is 6. The fourth-order valence-electron chi connectivity index (χ4n) is 2.89. The number of carbonyl (C=O) groups is 1. The van der Waals surface area contributed by atoms with Gasteiger partial charge in [-0.3, -0.25) is 4.79 Å². The van der Waals surface area contributed by atoms with Crippen LogP contribution in [0.2, 0.25) is 0 Å². The maximum atomic E-state index is 12.7. The zero-order chi connectivity index (χ0) is 24.6. The van der Waals surface area contributed by atoms with Crippen LogP contribution in [0.1, 0.15) is 38.8 Å². The Morgan fingerprint density at radius 1 is 1.12 bits per heavy atom. The number of hydrogen-bond donors (Lipinski definition) is 2. The number of nitrogens with zero attached hydrogens (tertiary/aromatic N) is 1. The summed E-state index contributed by atoms with van der Waals surface area (Å²) in [7, 11) is -3.87. The van der Waals surface area contributed by atoms with Crippen LogP contribution in [-0.4, -0.2) is 39.8 Å². The Balaban J connectivity index is 2.15. The van der Waals surface area contributed by atoms with E-state index in [9.17, 15) is 13.2 Å². The van der Waals surface area contributed by atoms with Gasteiger partial charge in [0.25, 0.3) is 5.91 Å². The van der Waals surface area contributed by atoms with Crippen molar-refractivity contribution < 1.29 is 22.7 Å². The van der Waals surface area contributed by atoms with Gasteiger partial charge in [0.1, 0.15) is 6.04 Å². The number of sulfonamides is 1. The molecule has 8 nitrogen and oxygen atoms in total.